The third kappa shape index (κ3) is 9.11. The van der Waals surface area contributed by atoms with Crippen LogP contribution in [0, 0.1) is 0 Å². The molecule has 0 aliphatic carbocycles. The lowest BCUT2D eigenvalue weighted by Crippen LogP contribution is -2.31. The highest BCUT2D eigenvalue weighted by molar-refractivity contribution is 7.10. The number of benzene rings is 1. The summed E-state index contributed by atoms with van der Waals surface area (Å²) in [5.41, 5.74) is 2.51. The van der Waals surface area contributed by atoms with Gasteiger partial charge < -0.3 is 19.9 Å². The summed E-state index contributed by atoms with van der Waals surface area (Å²) in [4.78, 5) is 23.8. The van der Waals surface area contributed by atoms with Crippen LogP contribution in [0.15, 0.2) is 29.6 Å². The molecule has 0 spiro atoms. The smallest absolute Gasteiger partial charge is 0.320 e. The Morgan fingerprint density at radius 3 is 2.65 bits per heavy atom. The van der Waals surface area contributed by atoms with Crippen LogP contribution in [-0.2, 0) is 27.3 Å². The normalized spacial score (nSPS) is 11.4. The molecule has 0 fully saturated rings. The Morgan fingerprint density at radius 1 is 1.19 bits per heavy atom. The predicted molar refractivity (Wildman–Crippen MR) is 124 cm³/mol. The van der Waals surface area contributed by atoms with Crippen molar-refractivity contribution in [3.8, 4) is 16.9 Å². The molecule has 0 saturated heterocycles. The van der Waals surface area contributed by atoms with Crippen LogP contribution in [-0.4, -0.2) is 35.8 Å². The SMILES string of the molecule is CCCCOc1cc(CCC(=O)O)ccc1-c1csc(CNCC(=O)OC(C)(C)C)c1. The van der Waals surface area contributed by atoms with Gasteiger partial charge in [0, 0.05) is 23.4 Å². The van der Waals surface area contributed by atoms with Gasteiger partial charge in [0.2, 0.25) is 0 Å². The summed E-state index contributed by atoms with van der Waals surface area (Å²) in [6.07, 6.45) is 2.57. The molecule has 0 atom stereocenters. The molecule has 0 aliphatic heterocycles. The van der Waals surface area contributed by atoms with Crippen molar-refractivity contribution < 1.29 is 24.2 Å². The highest BCUT2D eigenvalue weighted by Crippen LogP contribution is 2.34. The van der Waals surface area contributed by atoms with Gasteiger partial charge in [0.25, 0.3) is 0 Å². The monoisotopic (exact) mass is 447 g/mol. The van der Waals surface area contributed by atoms with E-state index in [1.165, 1.54) is 0 Å². The van der Waals surface area contributed by atoms with Gasteiger partial charge in [-0.3, -0.25) is 9.59 Å². The number of carbonyl (C=O) groups excluding carboxylic acids is 1. The average molecular weight is 448 g/mol. The fourth-order valence-corrected chi connectivity index (χ4v) is 3.79. The number of carboxylic acids is 1. The Hall–Kier alpha value is -2.38. The van der Waals surface area contributed by atoms with E-state index >= 15 is 0 Å². The number of unbranched alkanes of at least 4 members (excludes halogenated alkanes) is 1. The lowest BCUT2D eigenvalue weighted by atomic mass is 10.0. The minimum atomic E-state index is -0.807. The standard InChI is InChI=1S/C24H33NO5S/c1-5-6-11-29-21-12-17(8-10-22(26)27)7-9-20(21)18-13-19(31-16-18)14-25-15-23(28)30-24(2,3)4/h7,9,12-13,16,25H,5-6,8,10-11,14-15H2,1-4H3,(H,26,27). The second kappa shape index (κ2) is 11.9. The third-order valence-corrected chi connectivity index (χ3v) is 5.32. The number of carboxylic acid groups (broad SMARTS) is 1. The van der Waals surface area contributed by atoms with E-state index in [0.717, 1.165) is 40.2 Å². The summed E-state index contributed by atoms with van der Waals surface area (Å²) >= 11 is 1.62. The average Bonchev–Trinajstić information content (AvgIpc) is 3.14. The minimum Gasteiger partial charge on any atom is -0.493 e. The van der Waals surface area contributed by atoms with E-state index < -0.39 is 11.6 Å². The zero-order valence-corrected chi connectivity index (χ0v) is 19.6. The van der Waals surface area contributed by atoms with Crippen LogP contribution in [0.5, 0.6) is 5.75 Å². The minimum absolute atomic E-state index is 0.0969. The summed E-state index contributed by atoms with van der Waals surface area (Å²) in [6.45, 7) is 9.03. The number of aliphatic carboxylic acids is 1. The molecule has 31 heavy (non-hydrogen) atoms. The molecular formula is C24H33NO5S. The lowest BCUT2D eigenvalue weighted by Gasteiger charge is -2.19. The first-order valence-corrected chi connectivity index (χ1v) is 11.5. The van der Waals surface area contributed by atoms with Crippen molar-refractivity contribution in [2.24, 2.45) is 0 Å². The van der Waals surface area contributed by atoms with Gasteiger partial charge in [-0.05, 0) is 62.3 Å². The molecule has 2 N–H and O–H groups in total. The predicted octanol–water partition coefficient (Wildman–Crippen LogP) is 5.04. The molecule has 1 aromatic carbocycles. The van der Waals surface area contributed by atoms with Crippen LogP contribution in [0.2, 0.25) is 0 Å². The van der Waals surface area contributed by atoms with Gasteiger partial charge in [-0.25, -0.2) is 0 Å². The van der Waals surface area contributed by atoms with E-state index in [0.29, 0.717) is 19.6 Å². The number of rotatable bonds is 12. The van der Waals surface area contributed by atoms with Gasteiger partial charge >= 0.3 is 11.9 Å². The summed E-state index contributed by atoms with van der Waals surface area (Å²) in [7, 11) is 0. The summed E-state index contributed by atoms with van der Waals surface area (Å²) < 4.78 is 11.3. The van der Waals surface area contributed by atoms with Crippen molar-refractivity contribution in [1.29, 1.82) is 0 Å². The maximum atomic E-state index is 11.8. The zero-order chi connectivity index (χ0) is 22.9. The van der Waals surface area contributed by atoms with E-state index in [9.17, 15) is 9.59 Å². The van der Waals surface area contributed by atoms with Crippen LogP contribution < -0.4 is 10.1 Å². The number of carbonyl (C=O) groups is 2. The van der Waals surface area contributed by atoms with Crippen molar-refractivity contribution in [2.45, 2.75) is 65.5 Å². The largest absolute Gasteiger partial charge is 0.493 e. The molecule has 0 amide bonds. The van der Waals surface area contributed by atoms with Gasteiger partial charge in [0.05, 0.1) is 13.2 Å². The van der Waals surface area contributed by atoms with Crippen molar-refractivity contribution in [2.75, 3.05) is 13.2 Å². The number of esters is 1. The number of thiophene rings is 1. The third-order valence-electron chi connectivity index (χ3n) is 4.38. The molecular weight excluding hydrogens is 414 g/mol. The van der Waals surface area contributed by atoms with Gasteiger partial charge in [0.1, 0.15) is 11.4 Å². The highest BCUT2D eigenvalue weighted by atomic mass is 32.1. The Bertz CT molecular complexity index is 869. The summed E-state index contributed by atoms with van der Waals surface area (Å²) in [5.74, 6) is -0.297. The van der Waals surface area contributed by atoms with Crippen LogP contribution in [0.3, 0.4) is 0 Å². The molecule has 1 aromatic heterocycles. The van der Waals surface area contributed by atoms with E-state index in [4.69, 9.17) is 14.6 Å². The van der Waals surface area contributed by atoms with E-state index in [2.05, 4.69) is 23.7 Å². The van der Waals surface area contributed by atoms with Gasteiger partial charge in [-0.15, -0.1) is 11.3 Å². The maximum Gasteiger partial charge on any atom is 0.320 e. The molecule has 6 nitrogen and oxygen atoms in total. The molecule has 0 aliphatic rings. The Morgan fingerprint density at radius 2 is 1.97 bits per heavy atom. The fraction of sp³-hybridized carbons (Fsp3) is 0.500. The van der Waals surface area contributed by atoms with Crippen molar-refractivity contribution in [3.05, 3.63) is 40.1 Å². The summed E-state index contributed by atoms with van der Waals surface area (Å²) in [5, 5.41) is 14.2. The van der Waals surface area contributed by atoms with Crippen molar-refractivity contribution in [3.63, 3.8) is 0 Å². The van der Waals surface area contributed by atoms with Crippen molar-refractivity contribution >= 4 is 23.3 Å². The van der Waals surface area contributed by atoms with Gasteiger partial charge in [-0.1, -0.05) is 25.5 Å². The first-order chi connectivity index (χ1) is 14.7. The second-order valence-electron chi connectivity index (χ2n) is 8.42. The molecule has 0 unspecified atom stereocenters. The number of aryl methyl sites for hydroxylation is 1. The van der Waals surface area contributed by atoms with Crippen LogP contribution >= 0.6 is 11.3 Å². The maximum absolute atomic E-state index is 11.8. The van der Waals surface area contributed by atoms with E-state index in [-0.39, 0.29) is 18.9 Å². The lowest BCUT2D eigenvalue weighted by molar-refractivity contribution is -0.153. The van der Waals surface area contributed by atoms with Gasteiger partial charge in [-0.2, -0.15) is 0 Å². The molecule has 7 heteroatoms. The van der Waals surface area contributed by atoms with Gasteiger partial charge in [0.15, 0.2) is 0 Å². The molecule has 2 aromatic rings. The second-order valence-corrected chi connectivity index (χ2v) is 9.41. The number of nitrogens with one attached hydrogen (secondary N) is 1. The van der Waals surface area contributed by atoms with Crippen molar-refractivity contribution in [1.82, 2.24) is 5.32 Å². The molecule has 0 saturated carbocycles. The Kier molecular flexibility index (Phi) is 9.52. The van der Waals surface area contributed by atoms with E-state index in [1.54, 1.807) is 11.3 Å². The Balaban J connectivity index is 2.06. The number of hydrogen-bond acceptors (Lipinski definition) is 6. The first kappa shape index (κ1) is 24.9. The quantitative estimate of drug-likeness (QED) is 0.350. The number of ether oxygens (including phenoxy) is 2. The topological polar surface area (TPSA) is 84.9 Å². The molecule has 170 valence electrons. The van der Waals surface area contributed by atoms with Crippen LogP contribution in [0.1, 0.15) is 57.4 Å². The first-order valence-electron chi connectivity index (χ1n) is 10.7. The number of hydrogen-bond donors (Lipinski definition) is 2. The van der Waals surface area contributed by atoms with Crippen LogP contribution in [0.4, 0.5) is 0 Å². The fourth-order valence-electron chi connectivity index (χ4n) is 2.94. The molecule has 2 rings (SSSR count). The highest BCUT2D eigenvalue weighted by Gasteiger charge is 2.16. The van der Waals surface area contributed by atoms with Crippen LogP contribution in [0.25, 0.3) is 11.1 Å². The zero-order valence-electron chi connectivity index (χ0n) is 18.8. The molecule has 0 bridgehead atoms. The Labute approximate surface area is 188 Å². The van der Waals surface area contributed by atoms with E-state index in [1.807, 2.05) is 39.0 Å². The molecule has 1 heterocycles. The summed E-state index contributed by atoms with van der Waals surface area (Å²) in [6, 6.07) is 8.00. The molecule has 0 radical (unpaired) electrons.